The number of carboxylic acids is 1. The van der Waals surface area contributed by atoms with Gasteiger partial charge in [-0.15, -0.1) is 11.6 Å². The summed E-state index contributed by atoms with van der Waals surface area (Å²) in [5, 5.41) is 31.7. The first-order valence-electron chi connectivity index (χ1n) is 20.9. The summed E-state index contributed by atoms with van der Waals surface area (Å²) >= 11 is 6.68. The van der Waals surface area contributed by atoms with Gasteiger partial charge < -0.3 is 20.1 Å². The standard InChI is InChI=1S/C43H76ClNO5/c1-4-6-7-8-9-10-11-12-13-14-15-16-17-18-19-23-33-45(3)43(32-34-46,41(49)50)31-22-20-21-26-36-37(39(47)35-38(36)44)27-24-28-40(48)42(5-2)29-25-30-42/h20-21,24,27,34,36-40,47-48H,4-19,22-23,25-26,28-33,35H2,1-3H3,(H,49,50)/t36-,37-,38-,39-,40+,43?/m1/s1. The fourth-order valence-corrected chi connectivity index (χ4v) is 9.03. The fraction of sp³-hybridized carbons (Fsp3) is 0.860. The first kappa shape index (κ1) is 44.9. The Morgan fingerprint density at radius 2 is 1.46 bits per heavy atom. The molecule has 0 bridgehead atoms. The van der Waals surface area contributed by atoms with Crippen molar-refractivity contribution in [3.63, 3.8) is 0 Å². The molecule has 6 atom stereocenters. The molecule has 2 aliphatic carbocycles. The number of hydrogen-bond donors (Lipinski definition) is 3. The van der Waals surface area contributed by atoms with Crippen LogP contribution in [0.1, 0.15) is 181 Å². The molecule has 2 fully saturated rings. The lowest BCUT2D eigenvalue weighted by atomic mass is 9.63. The summed E-state index contributed by atoms with van der Waals surface area (Å²) < 4.78 is 0. The highest BCUT2D eigenvalue weighted by molar-refractivity contribution is 6.21. The maximum atomic E-state index is 12.6. The Hall–Kier alpha value is -1.21. The van der Waals surface area contributed by atoms with Gasteiger partial charge in [0.25, 0.3) is 0 Å². The summed E-state index contributed by atoms with van der Waals surface area (Å²) in [7, 11) is 1.85. The van der Waals surface area contributed by atoms with Gasteiger partial charge in [0.2, 0.25) is 0 Å². The van der Waals surface area contributed by atoms with Crippen molar-refractivity contribution in [2.24, 2.45) is 17.3 Å². The van der Waals surface area contributed by atoms with Crippen molar-refractivity contribution >= 4 is 23.9 Å². The molecule has 0 aromatic rings. The van der Waals surface area contributed by atoms with Crippen molar-refractivity contribution in [2.75, 3.05) is 13.6 Å². The number of aldehydes is 1. The number of nitrogens with zero attached hydrogens (tertiary/aromatic N) is 1. The molecule has 50 heavy (non-hydrogen) atoms. The zero-order chi connectivity index (χ0) is 36.7. The number of aliphatic hydroxyl groups excluding tert-OH is 2. The van der Waals surface area contributed by atoms with Crippen LogP contribution in [0.3, 0.4) is 0 Å². The lowest BCUT2D eigenvalue weighted by Gasteiger charge is -2.45. The number of allylic oxidation sites excluding steroid dienone is 2. The fourth-order valence-electron chi connectivity index (χ4n) is 8.58. The number of likely N-dealkylation sites (N-methyl/N-ethyl adjacent to an activating group) is 1. The molecule has 0 aromatic heterocycles. The Bertz CT molecular complexity index is 961. The van der Waals surface area contributed by atoms with E-state index in [1.165, 1.54) is 96.3 Å². The molecule has 0 heterocycles. The Balaban J connectivity index is 1.70. The van der Waals surface area contributed by atoms with E-state index in [0.717, 1.165) is 38.4 Å². The Labute approximate surface area is 311 Å². The Morgan fingerprint density at radius 3 is 1.94 bits per heavy atom. The molecule has 0 aliphatic heterocycles. The first-order chi connectivity index (χ1) is 24.2. The van der Waals surface area contributed by atoms with E-state index in [-0.39, 0.29) is 35.2 Å². The maximum Gasteiger partial charge on any atom is 0.324 e. The summed E-state index contributed by atoms with van der Waals surface area (Å²) in [6, 6.07) is 0. The van der Waals surface area contributed by atoms with E-state index in [1.54, 1.807) is 0 Å². The SMILES string of the molecule is CCCCCCCCCCCCCCCCCCN(C)C(CC=O)(CCC=CC[C@@H]1[C@@H](C=CC[C@H](O)C2(CC)CCC2)[C@H](O)C[C@H]1Cl)C(=O)O. The van der Waals surface area contributed by atoms with Crippen molar-refractivity contribution in [3.8, 4) is 0 Å². The molecule has 0 radical (unpaired) electrons. The number of alkyl halides is 1. The molecule has 0 aromatic carbocycles. The summed E-state index contributed by atoms with van der Waals surface area (Å²) in [4.78, 5) is 26.1. The van der Waals surface area contributed by atoms with Crippen LogP contribution in [0.4, 0.5) is 0 Å². The van der Waals surface area contributed by atoms with Gasteiger partial charge in [-0.05, 0) is 82.7 Å². The third kappa shape index (κ3) is 15.0. The van der Waals surface area contributed by atoms with E-state index in [9.17, 15) is 24.9 Å². The molecule has 290 valence electrons. The second kappa shape index (κ2) is 25.7. The van der Waals surface area contributed by atoms with Gasteiger partial charge in [-0.25, -0.2) is 0 Å². The molecule has 0 spiro atoms. The second-order valence-corrected chi connectivity index (χ2v) is 16.5. The number of carboxylic acid groups (broad SMARTS) is 1. The quantitative estimate of drug-likeness (QED) is 0.0285. The summed E-state index contributed by atoms with van der Waals surface area (Å²) in [6.07, 6.45) is 36.0. The maximum absolute atomic E-state index is 12.6. The molecular formula is C43H76ClNO5. The molecule has 7 heteroatoms. The van der Waals surface area contributed by atoms with Gasteiger partial charge in [0.05, 0.1) is 12.2 Å². The number of carbonyl (C=O) groups excluding carboxylic acids is 1. The molecule has 2 rings (SSSR count). The van der Waals surface area contributed by atoms with Crippen molar-refractivity contribution in [2.45, 2.75) is 204 Å². The lowest BCUT2D eigenvalue weighted by molar-refractivity contribution is -0.153. The smallest absolute Gasteiger partial charge is 0.324 e. The molecule has 3 N–H and O–H groups in total. The second-order valence-electron chi connectivity index (χ2n) is 16.0. The number of hydrogen-bond acceptors (Lipinski definition) is 5. The normalized spacial score (nSPS) is 23.8. The van der Waals surface area contributed by atoms with E-state index >= 15 is 0 Å². The van der Waals surface area contributed by atoms with Crippen LogP contribution in [0.2, 0.25) is 0 Å². The van der Waals surface area contributed by atoms with Crippen LogP contribution in [-0.2, 0) is 9.59 Å². The molecule has 2 saturated carbocycles. The molecular weight excluding hydrogens is 646 g/mol. The van der Waals surface area contributed by atoms with Gasteiger partial charge in [0.1, 0.15) is 11.8 Å². The van der Waals surface area contributed by atoms with Crippen LogP contribution >= 0.6 is 11.6 Å². The van der Waals surface area contributed by atoms with Gasteiger partial charge >= 0.3 is 5.97 Å². The van der Waals surface area contributed by atoms with Gasteiger partial charge in [-0.3, -0.25) is 9.69 Å². The van der Waals surface area contributed by atoms with Gasteiger partial charge in [0.15, 0.2) is 0 Å². The van der Waals surface area contributed by atoms with E-state index in [1.807, 2.05) is 24.1 Å². The minimum absolute atomic E-state index is 0.0257. The van der Waals surface area contributed by atoms with Gasteiger partial charge in [-0.1, -0.05) is 141 Å². The summed E-state index contributed by atoms with van der Waals surface area (Å²) in [6.45, 7) is 5.10. The average molecular weight is 723 g/mol. The molecule has 1 unspecified atom stereocenters. The van der Waals surface area contributed by atoms with Crippen LogP contribution in [0.25, 0.3) is 0 Å². The molecule has 2 aliphatic rings. The number of unbranched alkanes of at least 4 members (excludes halogenated alkanes) is 15. The molecule has 0 saturated heterocycles. The lowest BCUT2D eigenvalue weighted by Crippen LogP contribution is -2.53. The first-order valence-corrected chi connectivity index (χ1v) is 21.3. The highest BCUT2D eigenvalue weighted by atomic mass is 35.5. The van der Waals surface area contributed by atoms with Crippen LogP contribution in [0.15, 0.2) is 24.3 Å². The topological polar surface area (TPSA) is 98.1 Å². The predicted octanol–water partition coefficient (Wildman–Crippen LogP) is 10.8. The van der Waals surface area contributed by atoms with E-state index < -0.39 is 17.6 Å². The van der Waals surface area contributed by atoms with E-state index in [0.29, 0.717) is 38.6 Å². The van der Waals surface area contributed by atoms with Gasteiger partial charge in [-0.2, -0.15) is 0 Å². The van der Waals surface area contributed by atoms with Gasteiger partial charge in [0, 0.05) is 17.7 Å². The highest BCUT2D eigenvalue weighted by Gasteiger charge is 2.43. The third-order valence-corrected chi connectivity index (χ3v) is 13.0. The minimum atomic E-state index is -1.21. The Morgan fingerprint density at radius 1 is 0.900 bits per heavy atom. The van der Waals surface area contributed by atoms with Crippen LogP contribution in [0.5, 0.6) is 0 Å². The zero-order valence-corrected chi connectivity index (χ0v) is 33.1. The largest absolute Gasteiger partial charge is 0.480 e. The zero-order valence-electron chi connectivity index (χ0n) is 32.3. The third-order valence-electron chi connectivity index (χ3n) is 12.5. The number of aliphatic carboxylic acids is 1. The van der Waals surface area contributed by atoms with Crippen LogP contribution in [0, 0.1) is 17.3 Å². The molecule has 6 nitrogen and oxygen atoms in total. The highest BCUT2D eigenvalue weighted by Crippen LogP contribution is 2.48. The van der Waals surface area contributed by atoms with Crippen molar-refractivity contribution in [1.29, 1.82) is 0 Å². The number of carbonyl (C=O) groups is 2. The molecule has 0 amide bonds. The van der Waals surface area contributed by atoms with Crippen LogP contribution < -0.4 is 0 Å². The number of rotatable bonds is 31. The van der Waals surface area contributed by atoms with E-state index in [4.69, 9.17) is 11.6 Å². The number of halogens is 1. The van der Waals surface area contributed by atoms with Crippen LogP contribution in [-0.4, -0.2) is 69.2 Å². The number of aliphatic hydroxyl groups is 2. The predicted molar refractivity (Wildman–Crippen MR) is 210 cm³/mol. The van der Waals surface area contributed by atoms with Crippen molar-refractivity contribution in [3.05, 3.63) is 24.3 Å². The average Bonchev–Trinajstić information content (AvgIpc) is 3.34. The minimum Gasteiger partial charge on any atom is -0.480 e. The van der Waals surface area contributed by atoms with E-state index in [2.05, 4.69) is 26.0 Å². The van der Waals surface area contributed by atoms with Crippen molar-refractivity contribution < 1.29 is 24.9 Å². The monoisotopic (exact) mass is 722 g/mol. The van der Waals surface area contributed by atoms with Crippen molar-refractivity contribution in [1.82, 2.24) is 4.90 Å². The Kier molecular flexibility index (Phi) is 23.1. The summed E-state index contributed by atoms with van der Waals surface area (Å²) in [5.74, 6) is -0.917. The summed E-state index contributed by atoms with van der Waals surface area (Å²) in [5.41, 5.74) is -1.15.